The van der Waals surface area contributed by atoms with Gasteiger partial charge in [-0.2, -0.15) is 10.5 Å². The Labute approximate surface area is 176 Å². The summed E-state index contributed by atoms with van der Waals surface area (Å²) < 4.78 is 6.73. The zero-order valence-electron chi connectivity index (χ0n) is 16.2. The van der Waals surface area contributed by atoms with Crippen molar-refractivity contribution in [3.05, 3.63) is 64.4 Å². The van der Waals surface area contributed by atoms with Crippen molar-refractivity contribution < 1.29 is 9.52 Å². The topological polar surface area (TPSA) is 119 Å². The van der Waals surface area contributed by atoms with E-state index in [0.717, 1.165) is 21.3 Å². The lowest BCUT2D eigenvalue weighted by Crippen LogP contribution is -2.23. The van der Waals surface area contributed by atoms with Gasteiger partial charge in [0.1, 0.15) is 12.1 Å². The molecule has 0 aliphatic carbocycles. The average Bonchev–Trinajstić information content (AvgIpc) is 3.39. The normalized spacial score (nSPS) is 12.8. The third-order valence-electron chi connectivity index (χ3n) is 4.79. The standard InChI is InChI=1S/C22H17N5O2S/c1-12-11-30-20-16(10-24)7-8-17(18(12)20)25-19(13(2)28)22-27-26-21(29-22)15-5-3-14(9-23)4-6-15/h3-8,11,13,19,25,28H,1-2H3/t13-,19+/m0/s1. The van der Waals surface area contributed by atoms with E-state index >= 15 is 0 Å². The van der Waals surface area contributed by atoms with Gasteiger partial charge in [0.15, 0.2) is 0 Å². The zero-order chi connectivity index (χ0) is 21.3. The molecule has 0 saturated heterocycles. The molecule has 0 radical (unpaired) electrons. The van der Waals surface area contributed by atoms with E-state index in [0.29, 0.717) is 22.6 Å². The summed E-state index contributed by atoms with van der Waals surface area (Å²) in [5.74, 6) is 0.549. The first kappa shape index (κ1) is 19.6. The Morgan fingerprint density at radius 2 is 1.87 bits per heavy atom. The van der Waals surface area contributed by atoms with E-state index in [-0.39, 0.29) is 5.89 Å². The lowest BCUT2D eigenvalue weighted by Gasteiger charge is -2.20. The first-order valence-electron chi connectivity index (χ1n) is 9.21. The molecule has 30 heavy (non-hydrogen) atoms. The molecule has 2 aromatic carbocycles. The summed E-state index contributed by atoms with van der Waals surface area (Å²) in [4.78, 5) is 0. The number of aliphatic hydroxyl groups excluding tert-OH is 1. The SMILES string of the molecule is Cc1csc2c(C#N)ccc(N[C@@H](c3nnc(-c4ccc(C#N)cc4)o3)[C@H](C)O)c12. The van der Waals surface area contributed by atoms with Gasteiger partial charge in [-0.25, -0.2) is 0 Å². The molecule has 0 unspecified atom stereocenters. The van der Waals surface area contributed by atoms with Crippen LogP contribution in [0.2, 0.25) is 0 Å². The highest BCUT2D eigenvalue weighted by molar-refractivity contribution is 7.17. The van der Waals surface area contributed by atoms with Crippen molar-refractivity contribution in [3.63, 3.8) is 0 Å². The van der Waals surface area contributed by atoms with Crippen molar-refractivity contribution in [2.45, 2.75) is 26.0 Å². The van der Waals surface area contributed by atoms with Crippen LogP contribution in [0.1, 0.15) is 35.5 Å². The summed E-state index contributed by atoms with van der Waals surface area (Å²) in [6, 6.07) is 14.1. The number of nitrogens with one attached hydrogen (secondary N) is 1. The molecule has 2 N–H and O–H groups in total. The summed E-state index contributed by atoms with van der Waals surface area (Å²) >= 11 is 1.52. The number of aryl methyl sites for hydroxylation is 1. The maximum absolute atomic E-state index is 10.4. The van der Waals surface area contributed by atoms with E-state index in [2.05, 4.69) is 27.7 Å². The number of nitrogens with zero attached hydrogens (tertiary/aromatic N) is 4. The molecular weight excluding hydrogens is 398 g/mol. The quantitative estimate of drug-likeness (QED) is 0.491. The second kappa shape index (κ2) is 7.96. The van der Waals surface area contributed by atoms with Gasteiger partial charge in [-0.1, -0.05) is 0 Å². The van der Waals surface area contributed by atoms with E-state index in [9.17, 15) is 10.4 Å². The van der Waals surface area contributed by atoms with Gasteiger partial charge in [-0.05, 0) is 61.2 Å². The van der Waals surface area contributed by atoms with Gasteiger partial charge in [-0.15, -0.1) is 21.5 Å². The number of hydrogen-bond donors (Lipinski definition) is 2. The lowest BCUT2D eigenvalue weighted by molar-refractivity contribution is 0.160. The molecule has 0 aliphatic rings. The molecule has 0 bridgehead atoms. The summed E-state index contributed by atoms with van der Waals surface area (Å²) in [6.45, 7) is 3.63. The highest BCUT2D eigenvalue weighted by atomic mass is 32.1. The van der Waals surface area contributed by atoms with Gasteiger partial charge in [-0.3, -0.25) is 0 Å². The van der Waals surface area contributed by atoms with E-state index in [1.165, 1.54) is 11.3 Å². The van der Waals surface area contributed by atoms with Crippen LogP contribution in [0.5, 0.6) is 0 Å². The largest absolute Gasteiger partial charge is 0.418 e. The molecular formula is C22H17N5O2S. The summed E-state index contributed by atoms with van der Waals surface area (Å²) in [5.41, 5.74) is 3.67. The first-order chi connectivity index (χ1) is 14.5. The molecule has 4 aromatic rings. The number of aliphatic hydroxyl groups is 1. The molecule has 2 atom stereocenters. The number of anilines is 1. The van der Waals surface area contributed by atoms with Gasteiger partial charge in [0.25, 0.3) is 0 Å². The molecule has 0 fully saturated rings. The number of nitriles is 2. The van der Waals surface area contributed by atoms with E-state index in [1.54, 1.807) is 37.3 Å². The number of thiophene rings is 1. The van der Waals surface area contributed by atoms with Gasteiger partial charge >= 0.3 is 0 Å². The predicted octanol–water partition coefficient (Wildman–Crippen LogP) is 4.54. The predicted molar refractivity (Wildman–Crippen MR) is 114 cm³/mol. The summed E-state index contributed by atoms with van der Waals surface area (Å²) in [7, 11) is 0. The summed E-state index contributed by atoms with van der Waals surface area (Å²) in [5, 5.41) is 43.2. The second-order valence-electron chi connectivity index (χ2n) is 6.89. The van der Waals surface area contributed by atoms with Crippen LogP contribution in [0.15, 0.2) is 46.2 Å². The Bertz CT molecular complexity index is 1290. The van der Waals surface area contributed by atoms with Crippen LogP contribution in [0, 0.1) is 29.6 Å². The van der Waals surface area contributed by atoms with Crippen LogP contribution in [-0.2, 0) is 0 Å². The van der Waals surface area contributed by atoms with Crippen molar-refractivity contribution in [3.8, 4) is 23.6 Å². The van der Waals surface area contributed by atoms with Gasteiger partial charge in [0.2, 0.25) is 11.8 Å². The molecule has 0 amide bonds. The van der Waals surface area contributed by atoms with Crippen LogP contribution < -0.4 is 5.32 Å². The molecule has 148 valence electrons. The second-order valence-corrected chi connectivity index (χ2v) is 7.77. The van der Waals surface area contributed by atoms with E-state index < -0.39 is 12.1 Å². The number of hydrogen-bond acceptors (Lipinski definition) is 8. The summed E-state index contributed by atoms with van der Waals surface area (Å²) in [6.07, 6.45) is -0.816. The van der Waals surface area contributed by atoms with E-state index in [1.807, 2.05) is 18.4 Å². The van der Waals surface area contributed by atoms with Crippen molar-refractivity contribution in [1.29, 1.82) is 10.5 Å². The molecule has 0 spiro atoms. The molecule has 2 aromatic heterocycles. The number of fused-ring (bicyclic) bond motifs is 1. The molecule has 4 rings (SSSR count). The third kappa shape index (κ3) is 3.50. The van der Waals surface area contributed by atoms with Crippen LogP contribution in [0.25, 0.3) is 21.5 Å². The highest BCUT2D eigenvalue weighted by Gasteiger charge is 2.25. The Kier molecular flexibility index (Phi) is 5.20. The molecule has 7 nitrogen and oxygen atoms in total. The first-order valence-corrected chi connectivity index (χ1v) is 10.1. The molecule has 2 heterocycles. The molecule has 8 heteroatoms. The molecule has 0 saturated carbocycles. The Balaban J connectivity index is 1.69. The van der Waals surface area contributed by atoms with Crippen LogP contribution in [0.3, 0.4) is 0 Å². The molecule has 0 aliphatic heterocycles. The van der Waals surface area contributed by atoms with Crippen molar-refractivity contribution in [1.82, 2.24) is 10.2 Å². The smallest absolute Gasteiger partial charge is 0.247 e. The van der Waals surface area contributed by atoms with Gasteiger partial charge < -0.3 is 14.8 Å². The zero-order valence-corrected chi connectivity index (χ0v) is 17.1. The average molecular weight is 415 g/mol. The van der Waals surface area contributed by atoms with Gasteiger partial charge in [0, 0.05) is 16.6 Å². The monoisotopic (exact) mass is 415 g/mol. The maximum Gasteiger partial charge on any atom is 0.247 e. The Morgan fingerprint density at radius 3 is 2.53 bits per heavy atom. The highest BCUT2D eigenvalue weighted by Crippen LogP contribution is 2.36. The Morgan fingerprint density at radius 1 is 1.10 bits per heavy atom. The van der Waals surface area contributed by atoms with Crippen molar-refractivity contribution in [2.24, 2.45) is 0 Å². The van der Waals surface area contributed by atoms with Crippen LogP contribution in [0.4, 0.5) is 5.69 Å². The van der Waals surface area contributed by atoms with Crippen molar-refractivity contribution >= 4 is 27.1 Å². The fourth-order valence-corrected chi connectivity index (χ4v) is 4.27. The fraction of sp³-hybridized carbons (Fsp3) is 0.182. The number of benzene rings is 2. The number of rotatable bonds is 5. The third-order valence-corrected chi connectivity index (χ3v) is 5.92. The fourth-order valence-electron chi connectivity index (χ4n) is 3.23. The van der Waals surface area contributed by atoms with Crippen molar-refractivity contribution in [2.75, 3.05) is 5.32 Å². The lowest BCUT2D eigenvalue weighted by atomic mass is 10.1. The van der Waals surface area contributed by atoms with Crippen LogP contribution in [-0.4, -0.2) is 21.4 Å². The number of aromatic nitrogens is 2. The minimum absolute atomic E-state index is 0.245. The minimum Gasteiger partial charge on any atom is -0.418 e. The Hall–Kier alpha value is -3.72. The van der Waals surface area contributed by atoms with Crippen LogP contribution >= 0.6 is 11.3 Å². The maximum atomic E-state index is 10.4. The van der Waals surface area contributed by atoms with E-state index in [4.69, 9.17) is 9.68 Å². The van der Waals surface area contributed by atoms with Gasteiger partial charge in [0.05, 0.1) is 28.0 Å². The minimum atomic E-state index is -0.816.